The number of allylic oxidation sites excluding steroid dienone is 2. The number of anilines is 3. The van der Waals surface area contributed by atoms with Gasteiger partial charge in [0.05, 0.1) is 10.9 Å². The number of hydrogen-bond acceptors (Lipinski definition) is 6. The summed E-state index contributed by atoms with van der Waals surface area (Å²) in [5, 5.41) is 7.43. The van der Waals surface area contributed by atoms with Crippen molar-refractivity contribution in [3.05, 3.63) is 95.2 Å². The third-order valence-electron chi connectivity index (χ3n) is 7.97. The summed E-state index contributed by atoms with van der Waals surface area (Å²) in [5.41, 5.74) is 10.1. The number of nitrogens with zero attached hydrogens (tertiary/aromatic N) is 3. The second-order valence-corrected chi connectivity index (χ2v) is 12.2. The highest BCUT2D eigenvalue weighted by Crippen LogP contribution is 2.47. The Morgan fingerprint density at radius 3 is 2.65 bits per heavy atom. The van der Waals surface area contributed by atoms with Gasteiger partial charge in [0.25, 0.3) is 0 Å². The van der Waals surface area contributed by atoms with E-state index < -0.39 is 0 Å². The van der Waals surface area contributed by atoms with E-state index in [4.69, 9.17) is 4.98 Å². The molecule has 1 aliphatic carbocycles. The van der Waals surface area contributed by atoms with Crippen molar-refractivity contribution < 1.29 is 0 Å². The summed E-state index contributed by atoms with van der Waals surface area (Å²) in [5.74, 6) is 0.574. The standard InChI is InChI=1S/C34H41N5S/c1-6-7-21-39(5)25(4)26-15-17-28(18-16-26)37-34-35-20-19-31(38-34)29-12-10-13-30(23(29)2)36-24(3)33-22-27-11-8-9-14-32(27)40-33/h10,12-13,15-20,33,36H,3-4,6-9,11,14,21-22H2,1-2,5H3,(H,35,37,38). The van der Waals surface area contributed by atoms with Gasteiger partial charge in [-0.1, -0.05) is 56.3 Å². The molecule has 1 aromatic heterocycles. The number of aromatic nitrogens is 2. The second kappa shape index (κ2) is 12.8. The molecule has 6 heteroatoms. The van der Waals surface area contributed by atoms with Crippen LogP contribution in [0.2, 0.25) is 0 Å². The Morgan fingerprint density at radius 2 is 1.88 bits per heavy atom. The monoisotopic (exact) mass is 551 g/mol. The van der Waals surface area contributed by atoms with Crippen LogP contribution in [0.1, 0.15) is 63.0 Å². The van der Waals surface area contributed by atoms with E-state index in [1.165, 1.54) is 32.1 Å². The molecule has 5 nitrogen and oxygen atoms in total. The predicted molar refractivity (Wildman–Crippen MR) is 173 cm³/mol. The fraction of sp³-hybridized carbons (Fsp3) is 0.353. The zero-order chi connectivity index (χ0) is 28.1. The van der Waals surface area contributed by atoms with Gasteiger partial charge in [-0.05, 0) is 85.7 Å². The molecule has 0 radical (unpaired) electrons. The molecule has 2 N–H and O–H groups in total. The average Bonchev–Trinajstić information content (AvgIpc) is 3.42. The number of nitrogens with one attached hydrogen (secondary N) is 2. The first-order valence-electron chi connectivity index (χ1n) is 14.5. The van der Waals surface area contributed by atoms with Gasteiger partial charge in [0.1, 0.15) is 0 Å². The van der Waals surface area contributed by atoms with Crippen molar-refractivity contribution in [2.75, 3.05) is 24.2 Å². The van der Waals surface area contributed by atoms with Gasteiger partial charge in [-0.2, -0.15) is 0 Å². The molecule has 0 bridgehead atoms. The van der Waals surface area contributed by atoms with Gasteiger partial charge in [0, 0.05) is 48.1 Å². The van der Waals surface area contributed by atoms with Crippen LogP contribution < -0.4 is 10.6 Å². The highest BCUT2D eigenvalue weighted by Gasteiger charge is 2.28. The number of unbranched alkanes of at least 4 members (excludes halogenated alkanes) is 1. The zero-order valence-electron chi connectivity index (χ0n) is 24.1. The van der Waals surface area contributed by atoms with E-state index in [-0.39, 0.29) is 0 Å². The van der Waals surface area contributed by atoms with E-state index in [0.717, 1.165) is 64.5 Å². The highest BCUT2D eigenvalue weighted by atomic mass is 32.2. The molecule has 1 unspecified atom stereocenters. The minimum Gasteiger partial charge on any atom is -0.375 e. The molecule has 0 spiro atoms. The van der Waals surface area contributed by atoms with E-state index in [0.29, 0.717) is 11.2 Å². The van der Waals surface area contributed by atoms with Crippen LogP contribution in [0.25, 0.3) is 17.0 Å². The van der Waals surface area contributed by atoms with E-state index >= 15 is 0 Å². The molecule has 0 fully saturated rings. The molecular weight excluding hydrogens is 510 g/mol. The fourth-order valence-electron chi connectivity index (χ4n) is 5.43. The van der Waals surface area contributed by atoms with Gasteiger partial charge < -0.3 is 15.5 Å². The summed E-state index contributed by atoms with van der Waals surface area (Å²) in [4.78, 5) is 13.2. The molecule has 2 aromatic carbocycles. The first-order valence-corrected chi connectivity index (χ1v) is 15.3. The van der Waals surface area contributed by atoms with Crippen molar-refractivity contribution in [1.82, 2.24) is 14.9 Å². The fourth-order valence-corrected chi connectivity index (χ4v) is 6.87. The van der Waals surface area contributed by atoms with E-state index in [9.17, 15) is 0 Å². The lowest BCUT2D eigenvalue weighted by molar-refractivity contribution is 0.463. The third-order valence-corrected chi connectivity index (χ3v) is 9.49. The minimum atomic E-state index is 0.418. The first kappa shape index (κ1) is 28.0. The number of benzene rings is 2. The lowest BCUT2D eigenvalue weighted by Crippen LogP contribution is -2.17. The SMILES string of the molecule is C=C(Nc1cccc(-c2ccnc(Nc3ccc(C(=C)N(C)CCCC)cc3)n2)c1C)C1CC2=C(CCCC2)S1. The summed E-state index contributed by atoms with van der Waals surface area (Å²) >= 11 is 2.02. The normalized spacial score (nSPS) is 16.4. The molecule has 2 heterocycles. The summed E-state index contributed by atoms with van der Waals surface area (Å²) in [6, 6.07) is 16.6. The van der Waals surface area contributed by atoms with Crippen LogP contribution in [-0.2, 0) is 0 Å². The molecule has 0 amide bonds. The molecule has 208 valence electrons. The Hall–Kier alpha value is -3.51. The van der Waals surface area contributed by atoms with Crippen LogP contribution in [0.3, 0.4) is 0 Å². The van der Waals surface area contributed by atoms with Crippen molar-refractivity contribution in [3.8, 4) is 11.3 Å². The maximum atomic E-state index is 4.86. The van der Waals surface area contributed by atoms with E-state index in [2.05, 4.69) is 97.0 Å². The maximum absolute atomic E-state index is 4.86. The molecular formula is C34H41N5S. The topological polar surface area (TPSA) is 53.1 Å². The molecule has 40 heavy (non-hydrogen) atoms. The lowest BCUT2D eigenvalue weighted by atomic mass is 9.95. The van der Waals surface area contributed by atoms with Crippen LogP contribution >= 0.6 is 11.8 Å². The summed E-state index contributed by atoms with van der Waals surface area (Å²) in [6.07, 6.45) is 10.5. The Balaban J connectivity index is 1.25. The second-order valence-electron chi connectivity index (χ2n) is 10.9. The van der Waals surface area contributed by atoms with Crippen molar-refractivity contribution in [2.24, 2.45) is 0 Å². The van der Waals surface area contributed by atoms with Gasteiger partial charge in [-0.15, -0.1) is 11.8 Å². The molecule has 1 aliphatic heterocycles. The summed E-state index contributed by atoms with van der Waals surface area (Å²) in [7, 11) is 2.10. The lowest BCUT2D eigenvalue weighted by Gasteiger charge is -2.21. The Kier molecular flexibility index (Phi) is 8.95. The van der Waals surface area contributed by atoms with Gasteiger partial charge in [0.2, 0.25) is 5.95 Å². The average molecular weight is 552 g/mol. The highest BCUT2D eigenvalue weighted by molar-refractivity contribution is 8.04. The van der Waals surface area contributed by atoms with Gasteiger partial charge in [-0.25, -0.2) is 9.97 Å². The summed E-state index contributed by atoms with van der Waals surface area (Å²) < 4.78 is 0. The Morgan fingerprint density at radius 1 is 1.07 bits per heavy atom. The van der Waals surface area contributed by atoms with Crippen LogP contribution in [0, 0.1) is 6.92 Å². The molecule has 1 atom stereocenters. The molecule has 5 rings (SSSR count). The largest absolute Gasteiger partial charge is 0.375 e. The van der Waals surface area contributed by atoms with Crippen molar-refractivity contribution in [1.29, 1.82) is 0 Å². The third kappa shape index (κ3) is 6.44. The Bertz CT molecular complexity index is 1390. The van der Waals surface area contributed by atoms with Gasteiger partial charge >= 0.3 is 0 Å². The predicted octanol–water partition coefficient (Wildman–Crippen LogP) is 9.16. The van der Waals surface area contributed by atoms with E-state index in [1.807, 2.05) is 24.0 Å². The van der Waals surface area contributed by atoms with Crippen LogP contribution in [0.4, 0.5) is 17.3 Å². The molecule has 3 aromatic rings. The van der Waals surface area contributed by atoms with Crippen LogP contribution in [0.5, 0.6) is 0 Å². The first-order chi connectivity index (χ1) is 19.4. The van der Waals surface area contributed by atoms with Crippen molar-refractivity contribution in [3.63, 3.8) is 0 Å². The smallest absolute Gasteiger partial charge is 0.227 e. The van der Waals surface area contributed by atoms with Gasteiger partial charge in [-0.3, -0.25) is 0 Å². The Labute approximate surface area is 243 Å². The minimum absolute atomic E-state index is 0.418. The maximum Gasteiger partial charge on any atom is 0.227 e. The van der Waals surface area contributed by atoms with E-state index in [1.54, 1.807) is 10.5 Å². The molecule has 0 saturated heterocycles. The number of thioether (sulfide) groups is 1. The summed E-state index contributed by atoms with van der Waals surface area (Å²) in [6.45, 7) is 14.1. The zero-order valence-corrected chi connectivity index (χ0v) is 24.9. The van der Waals surface area contributed by atoms with Crippen LogP contribution in [0.15, 0.2) is 84.1 Å². The van der Waals surface area contributed by atoms with Crippen molar-refractivity contribution >= 4 is 34.8 Å². The van der Waals surface area contributed by atoms with Gasteiger partial charge in [0.15, 0.2) is 0 Å². The number of hydrogen-bond donors (Lipinski definition) is 2. The molecule has 2 aliphatic rings. The number of rotatable bonds is 11. The van der Waals surface area contributed by atoms with Crippen LogP contribution in [-0.4, -0.2) is 33.7 Å². The van der Waals surface area contributed by atoms with Crippen molar-refractivity contribution in [2.45, 2.75) is 64.0 Å². The molecule has 0 saturated carbocycles. The quantitative estimate of drug-likeness (QED) is 0.248.